The molecule has 0 aliphatic carbocycles. The summed E-state index contributed by atoms with van der Waals surface area (Å²) >= 11 is 0. The number of aliphatic hydroxyl groups is 2. The number of carbonyl (C=O) groups excluding carboxylic acids is 3. The fraction of sp³-hybridized carbons (Fsp3) is 0.237. The van der Waals surface area contributed by atoms with Crippen molar-refractivity contribution in [3.05, 3.63) is 138 Å². The van der Waals surface area contributed by atoms with E-state index in [1.54, 1.807) is 45.9 Å². The summed E-state index contributed by atoms with van der Waals surface area (Å²) < 4.78 is 0. The molecule has 234 valence electrons. The SMILES string of the molecule is C[C@@H](/C=C/CC(=O)N1Cc2ccccc2C[C@H]1CO)[C@]1(O)C(=O)N(Cc2ccc(N(C=O)c3ccccc3)cc2)c2ccccc21. The van der Waals surface area contributed by atoms with Crippen molar-refractivity contribution in [1.82, 2.24) is 4.90 Å². The number of hydrogen-bond acceptors (Lipinski definition) is 5. The van der Waals surface area contributed by atoms with Crippen LogP contribution in [0.4, 0.5) is 17.1 Å². The first-order valence-electron chi connectivity index (χ1n) is 15.5. The number of aliphatic hydroxyl groups excluding tert-OH is 1. The van der Waals surface area contributed by atoms with E-state index >= 15 is 0 Å². The van der Waals surface area contributed by atoms with Crippen LogP contribution in [0.3, 0.4) is 0 Å². The first-order chi connectivity index (χ1) is 22.3. The van der Waals surface area contributed by atoms with E-state index in [1.165, 1.54) is 0 Å². The minimum absolute atomic E-state index is 0.0891. The summed E-state index contributed by atoms with van der Waals surface area (Å²) in [7, 11) is 0. The van der Waals surface area contributed by atoms with E-state index in [9.17, 15) is 24.6 Å². The molecule has 4 aromatic carbocycles. The highest BCUT2D eigenvalue weighted by Gasteiger charge is 2.52. The zero-order valence-corrected chi connectivity index (χ0v) is 25.7. The second-order valence-corrected chi connectivity index (χ2v) is 11.9. The van der Waals surface area contributed by atoms with Crippen LogP contribution in [0.25, 0.3) is 0 Å². The molecule has 46 heavy (non-hydrogen) atoms. The van der Waals surface area contributed by atoms with Gasteiger partial charge in [0, 0.05) is 35.8 Å². The van der Waals surface area contributed by atoms with Crippen LogP contribution in [0.2, 0.25) is 0 Å². The van der Waals surface area contributed by atoms with Crippen molar-refractivity contribution in [3.63, 3.8) is 0 Å². The molecule has 0 fully saturated rings. The van der Waals surface area contributed by atoms with E-state index in [-0.39, 0.29) is 31.5 Å². The van der Waals surface area contributed by atoms with E-state index in [2.05, 4.69) is 0 Å². The molecule has 2 aliphatic rings. The third-order valence-corrected chi connectivity index (χ3v) is 9.13. The van der Waals surface area contributed by atoms with Crippen molar-refractivity contribution in [2.45, 2.75) is 44.5 Å². The first kappa shape index (κ1) is 31.0. The highest BCUT2D eigenvalue weighted by atomic mass is 16.3. The van der Waals surface area contributed by atoms with Crippen LogP contribution in [0.5, 0.6) is 0 Å². The van der Waals surface area contributed by atoms with E-state index in [1.807, 2.05) is 91.0 Å². The topological polar surface area (TPSA) is 101 Å². The number of rotatable bonds is 10. The molecule has 3 amide bonds. The van der Waals surface area contributed by atoms with Gasteiger partial charge in [-0.1, -0.05) is 91.9 Å². The lowest BCUT2D eigenvalue weighted by molar-refractivity contribution is -0.139. The summed E-state index contributed by atoms with van der Waals surface area (Å²) in [5, 5.41) is 22.0. The lowest BCUT2D eigenvalue weighted by Crippen LogP contribution is -2.46. The minimum atomic E-state index is -1.81. The molecule has 3 atom stereocenters. The molecule has 0 saturated carbocycles. The Balaban J connectivity index is 1.16. The molecule has 8 heteroatoms. The Labute approximate surface area is 268 Å². The monoisotopic (exact) mass is 615 g/mol. The van der Waals surface area contributed by atoms with Crippen molar-refractivity contribution in [2.75, 3.05) is 16.4 Å². The predicted molar refractivity (Wildman–Crippen MR) is 177 cm³/mol. The maximum atomic E-state index is 14.0. The first-order valence-corrected chi connectivity index (χ1v) is 15.5. The molecule has 0 saturated heterocycles. The van der Waals surface area contributed by atoms with E-state index in [0.29, 0.717) is 29.9 Å². The molecule has 2 aliphatic heterocycles. The van der Waals surface area contributed by atoms with Crippen LogP contribution in [-0.4, -0.2) is 46.0 Å². The lowest BCUT2D eigenvalue weighted by atomic mass is 9.83. The fourth-order valence-electron chi connectivity index (χ4n) is 6.53. The molecule has 6 rings (SSSR count). The van der Waals surface area contributed by atoms with Gasteiger partial charge in [0.25, 0.3) is 5.91 Å². The summed E-state index contributed by atoms with van der Waals surface area (Å²) in [4.78, 5) is 43.9. The maximum Gasteiger partial charge on any atom is 0.264 e. The van der Waals surface area contributed by atoms with Crippen LogP contribution >= 0.6 is 0 Å². The molecule has 0 aromatic heterocycles. The van der Waals surface area contributed by atoms with Gasteiger partial charge in [-0.05, 0) is 53.4 Å². The number of para-hydroxylation sites is 2. The molecule has 0 radical (unpaired) electrons. The summed E-state index contributed by atoms with van der Waals surface area (Å²) in [5.41, 5.74) is 3.84. The van der Waals surface area contributed by atoms with Crippen LogP contribution < -0.4 is 9.80 Å². The summed E-state index contributed by atoms with van der Waals surface area (Å²) in [6.45, 7) is 2.33. The number of benzene rings is 4. The Kier molecular flexibility index (Phi) is 8.83. The molecule has 2 heterocycles. The van der Waals surface area contributed by atoms with Crippen LogP contribution in [0.1, 0.15) is 35.6 Å². The quantitative estimate of drug-likeness (QED) is 0.188. The van der Waals surface area contributed by atoms with Crippen molar-refractivity contribution >= 4 is 35.3 Å². The Bertz CT molecular complexity index is 1760. The van der Waals surface area contributed by atoms with Crippen molar-refractivity contribution < 1.29 is 24.6 Å². The zero-order chi connectivity index (χ0) is 32.3. The van der Waals surface area contributed by atoms with E-state index in [0.717, 1.165) is 28.8 Å². The highest BCUT2D eigenvalue weighted by Crippen LogP contribution is 2.45. The average Bonchev–Trinajstić information content (AvgIpc) is 3.31. The zero-order valence-electron chi connectivity index (χ0n) is 25.7. The number of nitrogens with zero attached hydrogens (tertiary/aromatic N) is 3. The Morgan fingerprint density at radius 1 is 0.935 bits per heavy atom. The molecule has 2 N–H and O–H groups in total. The molecule has 4 aromatic rings. The summed E-state index contributed by atoms with van der Waals surface area (Å²) in [5.74, 6) is -1.18. The molecular formula is C38H37N3O5. The summed E-state index contributed by atoms with van der Waals surface area (Å²) in [6, 6.07) is 31.6. The molecule has 0 spiro atoms. The van der Waals surface area contributed by atoms with Gasteiger partial charge in [0.1, 0.15) is 0 Å². The number of anilines is 3. The highest BCUT2D eigenvalue weighted by molar-refractivity contribution is 6.07. The molecule has 0 bridgehead atoms. The number of carbonyl (C=O) groups is 3. The lowest BCUT2D eigenvalue weighted by Gasteiger charge is -2.36. The Morgan fingerprint density at radius 2 is 1.59 bits per heavy atom. The van der Waals surface area contributed by atoms with Crippen molar-refractivity contribution in [3.8, 4) is 0 Å². The standard InChI is InChI=1S/C38H37N3O5/c1-27(10-9-17-36(44)39-24-30-12-6-5-11-29(30)22-33(39)25-42)38(46)34-15-7-8-16-35(34)40(37(38)45)23-28-18-20-32(21-19-28)41(26-43)31-13-3-2-4-14-31/h2-16,18-21,26-27,33,42,46H,17,22-25H2,1H3/b10-9+/t27-,33-,38+/m0/s1. The van der Waals surface area contributed by atoms with E-state index < -0.39 is 17.4 Å². The summed E-state index contributed by atoms with van der Waals surface area (Å²) in [6.07, 6.45) is 4.90. The van der Waals surface area contributed by atoms with Gasteiger partial charge in [-0.3, -0.25) is 19.3 Å². The number of hydrogen-bond donors (Lipinski definition) is 2. The largest absolute Gasteiger partial charge is 0.394 e. The van der Waals surface area contributed by atoms with Crippen LogP contribution in [-0.2, 0) is 39.5 Å². The smallest absolute Gasteiger partial charge is 0.264 e. The Hall–Kier alpha value is -5.05. The molecule has 0 unspecified atom stereocenters. The van der Waals surface area contributed by atoms with Gasteiger partial charge in [0.2, 0.25) is 12.3 Å². The van der Waals surface area contributed by atoms with Crippen molar-refractivity contribution in [2.24, 2.45) is 5.92 Å². The third-order valence-electron chi connectivity index (χ3n) is 9.13. The predicted octanol–water partition coefficient (Wildman–Crippen LogP) is 5.24. The third kappa shape index (κ3) is 5.73. The van der Waals surface area contributed by atoms with Gasteiger partial charge in [0.15, 0.2) is 5.60 Å². The maximum absolute atomic E-state index is 14.0. The average molecular weight is 616 g/mol. The minimum Gasteiger partial charge on any atom is -0.394 e. The van der Waals surface area contributed by atoms with Crippen molar-refractivity contribution in [1.29, 1.82) is 0 Å². The number of amides is 3. The van der Waals surface area contributed by atoms with Gasteiger partial charge >= 0.3 is 0 Å². The van der Waals surface area contributed by atoms with Gasteiger partial charge in [-0.15, -0.1) is 0 Å². The fourth-order valence-corrected chi connectivity index (χ4v) is 6.53. The van der Waals surface area contributed by atoms with Gasteiger partial charge in [0.05, 0.1) is 24.9 Å². The van der Waals surface area contributed by atoms with Crippen LogP contribution in [0.15, 0.2) is 115 Å². The molecule has 8 nitrogen and oxygen atoms in total. The second-order valence-electron chi connectivity index (χ2n) is 11.9. The van der Waals surface area contributed by atoms with E-state index in [4.69, 9.17) is 0 Å². The normalized spacial score (nSPS) is 19.5. The van der Waals surface area contributed by atoms with Gasteiger partial charge in [-0.2, -0.15) is 0 Å². The van der Waals surface area contributed by atoms with Crippen LogP contribution in [0, 0.1) is 5.92 Å². The van der Waals surface area contributed by atoms with Gasteiger partial charge in [-0.25, -0.2) is 0 Å². The Morgan fingerprint density at radius 3 is 2.30 bits per heavy atom. The molecular weight excluding hydrogens is 578 g/mol. The second kappa shape index (κ2) is 13.1. The number of fused-ring (bicyclic) bond motifs is 2. The van der Waals surface area contributed by atoms with Gasteiger partial charge < -0.3 is 20.0 Å².